The second kappa shape index (κ2) is 7.61. The zero-order valence-corrected chi connectivity index (χ0v) is 14.1. The summed E-state index contributed by atoms with van der Waals surface area (Å²) in [5.41, 5.74) is 0.320. The van der Waals surface area contributed by atoms with Gasteiger partial charge in [0.1, 0.15) is 5.75 Å². The first-order valence-electron chi connectivity index (χ1n) is 6.30. The first kappa shape index (κ1) is 17.5. The Morgan fingerprint density at radius 1 is 1.30 bits per heavy atom. The smallest absolute Gasteiger partial charge is 0.387 e. The lowest BCUT2D eigenvalue weighted by molar-refractivity contribution is -0.0498. The van der Waals surface area contributed by atoms with Crippen molar-refractivity contribution in [1.82, 2.24) is 0 Å². The van der Waals surface area contributed by atoms with Crippen molar-refractivity contribution in [3.8, 4) is 11.5 Å². The Bertz CT molecular complexity index is 728. The summed E-state index contributed by atoms with van der Waals surface area (Å²) in [6, 6.07) is 9.10. The number of hydrogen-bond acceptors (Lipinski definition) is 3. The number of carbonyl (C=O) groups excluding carboxylic acids is 1. The maximum atomic E-state index is 12.5. The monoisotopic (exact) mass is 405 g/mol. The van der Waals surface area contributed by atoms with Crippen LogP contribution in [0.1, 0.15) is 10.4 Å². The molecule has 0 fully saturated rings. The van der Waals surface area contributed by atoms with Crippen LogP contribution in [0.2, 0.25) is 5.02 Å². The molecule has 122 valence electrons. The molecule has 0 heterocycles. The zero-order valence-electron chi connectivity index (χ0n) is 11.8. The fraction of sp³-hybridized carbons (Fsp3) is 0.133. The van der Waals surface area contributed by atoms with Gasteiger partial charge in [0.25, 0.3) is 5.91 Å². The van der Waals surface area contributed by atoms with E-state index >= 15 is 0 Å². The van der Waals surface area contributed by atoms with E-state index < -0.39 is 12.5 Å². The van der Waals surface area contributed by atoms with Gasteiger partial charge in [0.15, 0.2) is 5.75 Å². The lowest BCUT2D eigenvalue weighted by atomic mass is 10.2. The fourth-order valence-corrected chi connectivity index (χ4v) is 2.72. The van der Waals surface area contributed by atoms with E-state index in [0.717, 1.165) is 0 Å². The molecule has 0 aliphatic heterocycles. The van der Waals surface area contributed by atoms with Crippen molar-refractivity contribution >= 4 is 39.1 Å². The lowest BCUT2D eigenvalue weighted by Gasteiger charge is -2.14. The van der Waals surface area contributed by atoms with Crippen molar-refractivity contribution < 1.29 is 23.0 Å². The van der Waals surface area contributed by atoms with Crippen LogP contribution in [0, 0.1) is 0 Å². The summed E-state index contributed by atoms with van der Waals surface area (Å²) in [5, 5.41) is 2.75. The molecule has 2 rings (SSSR count). The average molecular weight is 407 g/mol. The zero-order chi connectivity index (χ0) is 17.0. The Labute approximate surface area is 144 Å². The maximum Gasteiger partial charge on any atom is 0.387 e. The van der Waals surface area contributed by atoms with Gasteiger partial charge < -0.3 is 14.8 Å². The maximum absolute atomic E-state index is 12.5. The number of anilines is 1. The van der Waals surface area contributed by atoms with E-state index in [1.165, 1.54) is 25.3 Å². The highest BCUT2D eigenvalue weighted by Gasteiger charge is 2.17. The minimum Gasteiger partial charge on any atom is -0.497 e. The molecule has 0 aliphatic carbocycles. The molecule has 23 heavy (non-hydrogen) atoms. The normalized spacial score (nSPS) is 10.5. The van der Waals surface area contributed by atoms with E-state index in [9.17, 15) is 13.6 Å². The molecule has 4 nitrogen and oxygen atoms in total. The Morgan fingerprint density at radius 2 is 2.04 bits per heavy atom. The van der Waals surface area contributed by atoms with E-state index in [1.807, 2.05) is 0 Å². The Kier molecular flexibility index (Phi) is 5.79. The average Bonchev–Trinajstić information content (AvgIpc) is 2.50. The third-order valence-electron chi connectivity index (χ3n) is 2.80. The minimum absolute atomic E-state index is 0.0255. The largest absolute Gasteiger partial charge is 0.497 e. The number of amides is 1. The van der Waals surface area contributed by atoms with E-state index in [-0.39, 0.29) is 20.9 Å². The number of hydrogen-bond donors (Lipinski definition) is 1. The van der Waals surface area contributed by atoms with Crippen LogP contribution in [0.3, 0.4) is 0 Å². The number of benzene rings is 2. The summed E-state index contributed by atoms with van der Waals surface area (Å²) in [7, 11) is 1.47. The predicted molar refractivity (Wildman–Crippen MR) is 86.7 cm³/mol. The summed E-state index contributed by atoms with van der Waals surface area (Å²) >= 11 is 8.97. The van der Waals surface area contributed by atoms with Gasteiger partial charge in [-0.2, -0.15) is 8.78 Å². The number of alkyl halides is 2. The van der Waals surface area contributed by atoms with Crippen LogP contribution < -0.4 is 14.8 Å². The van der Waals surface area contributed by atoms with Gasteiger partial charge in [-0.15, -0.1) is 0 Å². The number of methoxy groups -OCH3 is 1. The van der Waals surface area contributed by atoms with Crippen molar-refractivity contribution in [1.29, 1.82) is 0 Å². The lowest BCUT2D eigenvalue weighted by Crippen LogP contribution is -2.14. The van der Waals surface area contributed by atoms with Crippen LogP contribution in [0.5, 0.6) is 11.5 Å². The Hall–Kier alpha value is -1.86. The molecule has 0 spiro atoms. The topological polar surface area (TPSA) is 47.6 Å². The molecule has 0 bridgehead atoms. The molecule has 0 saturated carbocycles. The Balaban J connectivity index is 2.32. The van der Waals surface area contributed by atoms with Crippen molar-refractivity contribution in [2.45, 2.75) is 6.61 Å². The summed E-state index contributed by atoms with van der Waals surface area (Å²) < 4.78 is 34.7. The van der Waals surface area contributed by atoms with Crippen LogP contribution >= 0.6 is 27.5 Å². The van der Waals surface area contributed by atoms with Gasteiger partial charge in [-0.3, -0.25) is 4.79 Å². The van der Waals surface area contributed by atoms with Crippen LogP contribution in [0.4, 0.5) is 14.5 Å². The van der Waals surface area contributed by atoms with Gasteiger partial charge >= 0.3 is 6.61 Å². The third-order valence-corrected chi connectivity index (χ3v) is 3.60. The fourth-order valence-electron chi connectivity index (χ4n) is 1.82. The second-order valence-corrected chi connectivity index (χ2v) is 5.62. The van der Waals surface area contributed by atoms with Gasteiger partial charge in [-0.1, -0.05) is 17.7 Å². The molecule has 8 heteroatoms. The molecule has 2 aromatic rings. The molecular weight excluding hydrogens is 396 g/mol. The van der Waals surface area contributed by atoms with Crippen LogP contribution in [-0.4, -0.2) is 19.6 Å². The van der Waals surface area contributed by atoms with E-state index in [1.54, 1.807) is 18.2 Å². The van der Waals surface area contributed by atoms with Gasteiger partial charge in [0, 0.05) is 10.6 Å². The molecule has 0 aromatic heterocycles. The molecule has 0 aliphatic rings. The van der Waals surface area contributed by atoms with Crippen LogP contribution in [-0.2, 0) is 0 Å². The highest BCUT2D eigenvalue weighted by Crippen LogP contribution is 2.37. The first-order chi connectivity index (χ1) is 10.9. The quantitative estimate of drug-likeness (QED) is 0.763. The molecular formula is C15H11BrClF2NO3. The van der Waals surface area contributed by atoms with Crippen LogP contribution in [0.15, 0.2) is 40.9 Å². The molecule has 2 aromatic carbocycles. The van der Waals surface area contributed by atoms with E-state index in [2.05, 4.69) is 26.0 Å². The molecule has 0 saturated heterocycles. The number of rotatable bonds is 5. The summed E-state index contributed by atoms with van der Waals surface area (Å²) in [6.07, 6.45) is 0. The van der Waals surface area contributed by atoms with E-state index in [4.69, 9.17) is 16.3 Å². The standard InChI is InChI=1S/C15H11BrClF2NO3/c1-22-10-4-2-3-8(5-10)14(21)20-12-7-9(17)6-11(16)13(12)23-15(18)19/h2-7,15H,1H3,(H,20,21). The number of nitrogens with one attached hydrogen (secondary N) is 1. The predicted octanol–water partition coefficient (Wildman–Crippen LogP) is 4.96. The highest BCUT2D eigenvalue weighted by atomic mass is 79.9. The van der Waals surface area contributed by atoms with Crippen molar-refractivity contribution in [2.75, 3.05) is 12.4 Å². The van der Waals surface area contributed by atoms with Gasteiger partial charge in [0.2, 0.25) is 0 Å². The summed E-state index contributed by atoms with van der Waals surface area (Å²) in [6.45, 7) is -3.04. The first-order valence-corrected chi connectivity index (χ1v) is 7.47. The van der Waals surface area contributed by atoms with E-state index in [0.29, 0.717) is 11.3 Å². The third kappa shape index (κ3) is 4.56. The van der Waals surface area contributed by atoms with Crippen LogP contribution in [0.25, 0.3) is 0 Å². The molecule has 0 unspecified atom stereocenters. The van der Waals surface area contributed by atoms with Gasteiger partial charge in [0.05, 0.1) is 17.3 Å². The molecule has 1 amide bonds. The molecule has 0 atom stereocenters. The number of carbonyl (C=O) groups is 1. The number of ether oxygens (including phenoxy) is 2. The summed E-state index contributed by atoms with van der Waals surface area (Å²) in [5.74, 6) is -0.230. The minimum atomic E-state index is -3.04. The van der Waals surface area contributed by atoms with Gasteiger partial charge in [-0.25, -0.2) is 0 Å². The molecule has 1 N–H and O–H groups in total. The Morgan fingerprint density at radius 3 is 2.70 bits per heavy atom. The molecule has 0 radical (unpaired) electrons. The number of halogens is 4. The van der Waals surface area contributed by atoms with Crippen molar-refractivity contribution in [2.24, 2.45) is 0 Å². The second-order valence-electron chi connectivity index (χ2n) is 4.33. The van der Waals surface area contributed by atoms with Gasteiger partial charge in [-0.05, 0) is 46.3 Å². The van der Waals surface area contributed by atoms with Crippen molar-refractivity contribution in [3.63, 3.8) is 0 Å². The summed E-state index contributed by atoms with van der Waals surface area (Å²) in [4.78, 5) is 12.3. The SMILES string of the molecule is COc1cccc(C(=O)Nc2cc(Cl)cc(Br)c2OC(F)F)c1. The van der Waals surface area contributed by atoms with Crippen molar-refractivity contribution in [3.05, 3.63) is 51.5 Å². The highest BCUT2D eigenvalue weighted by molar-refractivity contribution is 9.10.